The Bertz CT molecular complexity index is 1150. The van der Waals surface area contributed by atoms with E-state index in [0.717, 1.165) is 23.8 Å². The lowest BCUT2D eigenvalue weighted by Crippen LogP contribution is -2.49. The molecule has 2 amide bonds. The molecular formula is C27H38FN3O4S. The monoisotopic (exact) mass is 519 g/mol. The first-order chi connectivity index (χ1) is 16.8. The van der Waals surface area contributed by atoms with Crippen molar-refractivity contribution < 1.29 is 22.4 Å². The molecule has 0 aromatic heterocycles. The highest BCUT2D eigenvalue weighted by atomic mass is 32.2. The van der Waals surface area contributed by atoms with Crippen LogP contribution in [0.5, 0.6) is 0 Å². The third kappa shape index (κ3) is 8.33. The molecule has 0 saturated heterocycles. The van der Waals surface area contributed by atoms with Gasteiger partial charge in [0, 0.05) is 25.6 Å². The van der Waals surface area contributed by atoms with E-state index in [2.05, 4.69) is 5.32 Å². The molecular weight excluding hydrogens is 481 g/mol. The van der Waals surface area contributed by atoms with E-state index in [-0.39, 0.29) is 49.6 Å². The summed E-state index contributed by atoms with van der Waals surface area (Å²) in [7, 11) is -3.56. The van der Waals surface area contributed by atoms with Gasteiger partial charge < -0.3 is 10.2 Å². The van der Waals surface area contributed by atoms with Crippen molar-refractivity contribution in [2.24, 2.45) is 0 Å². The summed E-state index contributed by atoms with van der Waals surface area (Å²) in [5.74, 6) is -0.932. The quantitative estimate of drug-likeness (QED) is 0.453. The van der Waals surface area contributed by atoms with Gasteiger partial charge in [0.15, 0.2) is 0 Å². The van der Waals surface area contributed by atoms with E-state index >= 15 is 0 Å². The molecule has 0 bridgehead atoms. The van der Waals surface area contributed by atoms with Crippen LogP contribution in [0.3, 0.4) is 0 Å². The van der Waals surface area contributed by atoms with Gasteiger partial charge in [0.2, 0.25) is 21.8 Å². The minimum atomic E-state index is -3.56. The molecule has 2 aromatic rings. The van der Waals surface area contributed by atoms with Crippen molar-refractivity contribution >= 4 is 27.5 Å². The number of nitrogens with one attached hydrogen (secondary N) is 1. The number of nitrogens with zero attached hydrogens (tertiary/aromatic N) is 2. The molecule has 2 atom stereocenters. The molecule has 0 spiro atoms. The highest BCUT2D eigenvalue weighted by Crippen LogP contribution is 2.22. The maximum absolute atomic E-state index is 13.4. The molecule has 9 heteroatoms. The number of carbonyl (C=O) groups excluding carboxylic acids is 2. The first-order valence-electron chi connectivity index (χ1n) is 12.2. The third-order valence-electron chi connectivity index (χ3n) is 6.37. The summed E-state index contributed by atoms with van der Waals surface area (Å²) in [5, 5.41) is 2.90. The third-order valence-corrected chi connectivity index (χ3v) is 7.56. The van der Waals surface area contributed by atoms with E-state index in [0.29, 0.717) is 11.3 Å². The van der Waals surface area contributed by atoms with E-state index in [1.165, 1.54) is 21.3 Å². The molecule has 2 aromatic carbocycles. The second kappa shape index (κ2) is 12.9. The lowest BCUT2D eigenvalue weighted by Gasteiger charge is -2.30. The summed E-state index contributed by atoms with van der Waals surface area (Å²) in [6.45, 7) is 9.66. The van der Waals surface area contributed by atoms with Gasteiger partial charge in [0.25, 0.3) is 0 Å². The average molecular weight is 520 g/mol. The van der Waals surface area contributed by atoms with Crippen molar-refractivity contribution in [2.45, 2.75) is 72.5 Å². The Morgan fingerprint density at radius 1 is 1.03 bits per heavy atom. The number of anilines is 1. The zero-order valence-electron chi connectivity index (χ0n) is 22.0. The highest BCUT2D eigenvalue weighted by Gasteiger charge is 2.27. The summed E-state index contributed by atoms with van der Waals surface area (Å²) in [5.41, 5.74) is 3.28. The van der Waals surface area contributed by atoms with Crippen LogP contribution < -0.4 is 9.62 Å². The standard InChI is InChI=1S/C27H38FN3O4S/c1-7-21(4)29-27(33)22(5)30(18-23-11-13-24(28)14-12-23)26(32)9-8-16-31(36(6,34)35)25-15-10-19(2)20(3)17-25/h10-15,17,21-22H,7-9,16,18H2,1-6H3,(H,29,33). The summed E-state index contributed by atoms with van der Waals surface area (Å²) in [4.78, 5) is 27.6. The van der Waals surface area contributed by atoms with Crippen LogP contribution in [0.4, 0.5) is 10.1 Å². The predicted molar refractivity (Wildman–Crippen MR) is 142 cm³/mol. The fourth-order valence-corrected chi connectivity index (χ4v) is 4.68. The highest BCUT2D eigenvalue weighted by molar-refractivity contribution is 7.92. The maximum Gasteiger partial charge on any atom is 0.242 e. The normalized spacial score (nSPS) is 13.1. The molecule has 0 aliphatic rings. The smallest absolute Gasteiger partial charge is 0.242 e. The molecule has 0 heterocycles. The Balaban J connectivity index is 2.18. The molecule has 7 nitrogen and oxygen atoms in total. The van der Waals surface area contributed by atoms with E-state index < -0.39 is 16.1 Å². The number of benzene rings is 2. The fraction of sp³-hybridized carbons (Fsp3) is 0.481. The number of carbonyl (C=O) groups is 2. The molecule has 2 unspecified atom stereocenters. The number of sulfonamides is 1. The number of halogens is 1. The lowest BCUT2D eigenvalue weighted by atomic mass is 10.1. The van der Waals surface area contributed by atoms with Crippen molar-refractivity contribution in [3.63, 3.8) is 0 Å². The molecule has 0 radical (unpaired) electrons. The van der Waals surface area contributed by atoms with E-state index in [1.807, 2.05) is 39.8 Å². The molecule has 2 rings (SSSR count). The number of rotatable bonds is 12. The van der Waals surface area contributed by atoms with Crippen LogP contribution >= 0.6 is 0 Å². The largest absolute Gasteiger partial charge is 0.352 e. The SMILES string of the molecule is CCC(C)NC(=O)C(C)N(Cc1ccc(F)cc1)C(=O)CCCN(c1ccc(C)c(C)c1)S(C)(=O)=O. The second-order valence-electron chi connectivity index (χ2n) is 9.35. The van der Waals surface area contributed by atoms with Gasteiger partial charge in [-0.05, 0) is 81.5 Å². The van der Waals surface area contributed by atoms with Crippen LogP contribution in [0, 0.1) is 19.7 Å². The van der Waals surface area contributed by atoms with Crippen LogP contribution in [0.1, 0.15) is 56.7 Å². The Kier molecular flexibility index (Phi) is 10.5. The van der Waals surface area contributed by atoms with Gasteiger partial charge in [-0.15, -0.1) is 0 Å². The van der Waals surface area contributed by atoms with Gasteiger partial charge in [-0.1, -0.05) is 25.1 Å². The van der Waals surface area contributed by atoms with Crippen molar-refractivity contribution in [1.29, 1.82) is 0 Å². The fourth-order valence-electron chi connectivity index (χ4n) is 3.72. The zero-order chi connectivity index (χ0) is 27.0. The Hall–Kier alpha value is -2.94. The number of amides is 2. The van der Waals surface area contributed by atoms with Gasteiger partial charge >= 0.3 is 0 Å². The molecule has 0 fully saturated rings. The summed E-state index contributed by atoms with van der Waals surface area (Å²) in [6.07, 6.45) is 2.23. The van der Waals surface area contributed by atoms with Crippen LogP contribution in [0.2, 0.25) is 0 Å². The van der Waals surface area contributed by atoms with Crippen LogP contribution in [0.25, 0.3) is 0 Å². The average Bonchev–Trinajstić information content (AvgIpc) is 2.81. The van der Waals surface area contributed by atoms with Crippen molar-refractivity contribution in [1.82, 2.24) is 10.2 Å². The molecule has 1 N–H and O–H groups in total. The van der Waals surface area contributed by atoms with E-state index in [1.54, 1.807) is 25.1 Å². The number of hydrogen-bond donors (Lipinski definition) is 1. The molecule has 0 aliphatic heterocycles. The first-order valence-corrected chi connectivity index (χ1v) is 14.1. The van der Waals surface area contributed by atoms with Crippen molar-refractivity contribution in [2.75, 3.05) is 17.1 Å². The van der Waals surface area contributed by atoms with Gasteiger partial charge in [-0.3, -0.25) is 13.9 Å². The number of aryl methyl sites for hydroxylation is 2. The first kappa shape index (κ1) is 29.3. The Morgan fingerprint density at radius 3 is 2.22 bits per heavy atom. The van der Waals surface area contributed by atoms with Gasteiger partial charge in [0.1, 0.15) is 11.9 Å². The maximum atomic E-state index is 13.4. The van der Waals surface area contributed by atoms with Crippen LogP contribution in [0.15, 0.2) is 42.5 Å². The minimum absolute atomic E-state index is 0.0380. The Labute approximate surface area is 214 Å². The van der Waals surface area contributed by atoms with Crippen molar-refractivity contribution in [3.05, 3.63) is 65.0 Å². The lowest BCUT2D eigenvalue weighted by molar-refractivity contribution is -0.140. The van der Waals surface area contributed by atoms with Crippen molar-refractivity contribution in [3.8, 4) is 0 Å². The molecule has 36 heavy (non-hydrogen) atoms. The van der Waals surface area contributed by atoms with Gasteiger partial charge in [-0.2, -0.15) is 0 Å². The zero-order valence-corrected chi connectivity index (χ0v) is 22.9. The Morgan fingerprint density at radius 2 is 1.67 bits per heavy atom. The van der Waals surface area contributed by atoms with Crippen LogP contribution in [-0.4, -0.2) is 50.0 Å². The summed E-state index contributed by atoms with van der Waals surface area (Å²) >= 11 is 0. The number of hydrogen-bond acceptors (Lipinski definition) is 4. The topological polar surface area (TPSA) is 86.8 Å². The second-order valence-corrected chi connectivity index (χ2v) is 11.3. The molecule has 0 aliphatic carbocycles. The van der Waals surface area contributed by atoms with Crippen LogP contribution in [-0.2, 0) is 26.2 Å². The summed E-state index contributed by atoms with van der Waals surface area (Å²) < 4.78 is 39.6. The predicted octanol–water partition coefficient (Wildman–Crippen LogP) is 4.32. The molecule has 0 saturated carbocycles. The van der Waals surface area contributed by atoms with Gasteiger partial charge in [-0.25, -0.2) is 12.8 Å². The molecule has 198 valence electrons. The summed E-state index contributed by atoms with van der Waals surface area (Å²) in [6, 6.07) is 10.5. The van der Waals surface area contributed by atoms with Gasteiger partial charge in [0.05, 0.1) is 11.9 Å². The van der Waals surface area contributed by atoms with E-state index in [4.69, 9.17) is 0 Å². The minimum Gasteiger partial charge on any atom is -0.352 e. The van der Waals surface area contributed by atoms with E-state index in [9.17, 15) is 22.4 Å².